The highest BCUT2D eigenvalue weighted by atomic mass is 35.5. The van der Waals surface area contributed by atoms with Gasteiger partial charge in [0.25, 0.3) is 11.8 Å². The van der Waals surface area contributed by atoms with Gasteiger partial charge in [0.2, 0.25) is 0 Å². The third-order valence-electron chi connectivity index (χ3n) is 6.21. The van der Waals surface area contributed by atoms with Crippen LogP contribution in [0.3, 0.4) is 0 Å². The van der Waals surface area contributed by atoms with Gasteiger partial charge in [0, 0.05) is 31.2 Å². The molecule has 0 radical (unpaired) electrons. The summed E-state index contributed by atoms with van der Waals surface area (Å²) >= 11 is 24.2. The van der Waals surface area contributed by atoms with Gasteiger partial charge in [-0.2, -0.15) is 0 Å². The molecule has 1 aliphatic heterocycles. The van der Waals surface area contributed by atoms with Crippen LogP contribution in [-0.2, 0) is 22.8 Å². The molecule has 212 valence electrons. The standard InChI is InChI=1S/C31H20Cl4N2O5/c32-21-5-3-19(27(34)14-21)16-41-24-9-1-18(2-10-24)13-26-29(38)36-31(40)37(30(26)39)23-7-11-25(12-8-23)42-17-20-4-6-22(33)15-28(20)35/h1-15H,16-17H2,(H,36,38,40)/b26-13+. The van der Waals surface area contributed by atoms with Crippen molar-refractivity contribution in [3.8, 4) is 11.5 Å². The zero-order valence-electron chi connectivity index (χ0n) is 21.6. The number of amides is 4. The first-order valence-electron chi connectivity index (χ1n) is 12.4. The number of halogens is 4. The third kappa shape index (κ3) is 6.89. The average molecular weight is 642 g/mol. The Labute approximate surface area is 261 Å². The van der Waals surface area contributed by atoms with E-state index in [0.717, 1.165) is 16.0 Å². The molecular weight excluding hydrogens is 622 g/mol. The first-order valence-corrected chi connectivity index (χ1v) is 13.9. The van der Waals surface area contributed by atoms with Gasteiger partial charge < -0.3 is 9.47 Å². The number of carbonyl (C=O) groups excluding carboxylic acids is 3. The molecule has 1 saturated heterocycles. The summed E-state index contributed by atoms with van der Waals surface area (Å²) in [5.41, 5.74) is 2.14. The third-order valence-corrected chi connectivity index (χ3v) is 7.38. The lowest BCUT2D eigenvalue weighted by atomic mass is 10.1. The van der Waals surface area contributed by atoms with Crippen molar-refractivity contribution in [1.82, 2.24) is 5.32 Å². The maximum absolute atomic E-state index is 13.3. The van der Waals surface area contributed by atoms with Crippen LogP contribution in [0, 0.1) is 0 Å². The van der Waals surface area contributed by atoms with E-state index in [1.807, 2.05) is 0 Å². The number of anilines is 1. The molecule has 1 heterocycles. The van der Waals surface area contributed by atoms with Gasteiger partial charge in [-0.3, -0.25) is 14.9 Å². The highest BCUT2D eigenvalue weighted by Crippen LogP contribution is 2.27. The smallest absolute Gasteiger partial charge is 0.335 e. The molecule has 1 aliphatic rings. The summed E-state index contributed by atoms with van der Waals surface area (Å²) in [6.45, 7) is 0.422. The van der Waals surface area contributed by atoms with Gasteiger partial charge in [-0.25, -0.2) is 9.69 Å². The molecule has 11 heteroatoms. The number of benzene rings is 4. The van der Waals surface area contributed by atoms with Crippen molar-refractivity contribution in [2.24, 2.45) is 0 Å². The maximum atomic E-state index is 13.3. The maximum Gasteiger partial charge on any atom is 0.335 e. The molecule has 0 atom stereocenters. The van der Waals surface area contributed by atoms with E-state index < -0.39 is 17.8 Å². The molecule has 4 aromatic carbocycles. The van der Waals surface area contributed by atoms with Gasteiger partial charge in [-0.05, 0) is 72.3 Å². The number of nitrogens with zero attached hydrogens (tertiary/aromatic N) is 1. The van der Waals surface area contributed by atoms with E-state index >= 15 is 0 Å². The van der Waals surface area contributed by atoms with Crippen molar-refractivity contribution >= 4 is 76.0 Å². The Kier molecular flexibility index (Phi) is 9.04. The van der Waals surface area contributed by atoms with Crippen LogP contribution in [0.5, 0.6) is 11.5 Å². The van der Waals surface area contributed by atoms with Crippen molar-refractivity contribution in [3.63, 3.8) is 0 Å². The van der Waals surface area contributed by atoms with Gasteiger partial charge in [-0.15, -0.1) is 0 Å². The number of hydrogen-bond acceptors (Lipinski definition) is 5. The Morgan fingerprint density at radius 2 is 1.17 bits per heavy atom. The summed E-state index contributed by atoms with van der Waals surface area (Å²) in [6, 6.07) is 22.5. The molecule has 4 aromatic rings. The van der Waals surface area contributed by atoms with Crippen LogP contribution in [0.4, 0.5) is 10.5 Å². The van der Waals surface area contributed by atoms with E-state index in [1.165, 1.54) is 6.08 Å². The molecule has 0 bridgehead atoms. The topological polar surface area (TPSA) is 84.9 Å². The van der Waals surface area contributed by atoms with Crippen LogP contribution >= 0.6 is 46.4 Å². The second-order valence-corrected chi connectivity index (χ2v) is 10.8. The fraction of sp³-hybridized carbons (Fsp3) is 0.0645. The first-order chi connectivity index (χ1) is 20.2. The van der Waals surface area contributed by atoms with Crippen LogP contribution < -0.4 is 19.7 Å². The van der Waals surface area contributed by atoms with Gasteiger partial charge in [-0.1, -0.05) is 70.7 Å². The van der Waals surface area contributed by atoms with Crippen LogP contribution in [0.2, 0.25) is 20.1 Å². The van der Waals surface area contributed by atoms with Gasteiger partial charge in [0.15, 0.2) is 0 Å². The highest BCUT2D eigenvalue weighted by molar-refractivity contribution is 6.39. The summed E-state index contributed by atoms with van der Waals surface area (Å²) in [4.78, 5) is 39.3. The number of barbiturate groups is 1. The van der Waals surface area contributed by atoms with Crippen LogP contribution in [0.1, 0.15) is 16.7 Å². The lowest BCUT2D eigenvalue weighted by molar-refractivity contribution is -0.122. The van der Waals surface area contributed by atoms with E-state index in [2.05, 4.69) is 5.32 Å². The number of urea groups is 1. The molecule has 1 N–H and O–H groups in total. The van der Waals surface area contributed by atoms with Crippen LogP contribution in [0.15, 0.2) is 90.5 Å². The fourth-order valence-electron chi connectivity index (χ4n) is 4.01. The van der Waals surface area contributed by atoms with E-state index in [1.54, 1.807) is 84.9 Å². The predicted octanol–water partition coefficient (Wildman–Crippen LogP) is 8.12. The number of carbonyl (C=O) groups is 3. The Morgan fingerprint density at radius 3 is 1.67 bits per heavy atom. The summed E-state index contributed by atoms with van der Waals surface area (Å²) in [5, 5.41) is 4.24. The lowest BCUT2D eigenvalue weighted by Gasteiger charge is -2.26. The minimum absolute atomic E-state index is 0.193. The Hall–Kier alpha value is -4.01. The summed E-state index contributed by atoms with van der Waals surface area (Å²) < 4.78 is 11.6. The largest absolute Gasteiger partial charge is 0.489 e. The second-order valence-electron chi connectivity index (χ2n) is 9.07. The van der Waals surface area contributed by atoms with Gasteiger partial charge in [0.05, 0.1) is 5.69 Å². The Balaban J connectivity index is 1.26. The predicted molar refractivity (Wildman–Crippen MR) is 163 cm³/mol. The summed E-state index contributed by atoms with van der Waals surface area (Å²) in [7, 11) is 0. The molecule has 1 fully saturated rings. The molecule has 5 rings (SSSR count). The van der Waals surface area contributed by atoms with Crippen molar-refractivity contribution in [2.75, 3.05) is 4.90 Å². The minimum atomic E-state index is -0.853. The minimum Gasteiger partial charge on any atom is -0.489 e. The molecule has 4 amide bonds. The van der Waals surface area contributed by atoms with Gasteiger partial charge in [0.1, 0.15) is 30.3 Å². The average Bonchev–Trinajstić information content (AvgIpc) is 2.95. The SMILES string of the molecule is O=C1NC(=O)N(c2ccc(OCc3ccc(Cl)cc3Cl)cc2)C(=O)/C1=C/c1ccc(OCc2ccc(Cl)cc2Cl)cc1. The molecule has 42 heavy (non-hydrogen) atoms. The van der Waals surface area contributed by atoms with E-state index in [4.69, 9.17) is 55.9 Å². The second kappa shape index (κ2) is 12.9. The molecular formula is C31H20Cl4N2O5. The molecule has 0 saturated carbocycles. The number of rotatable bonds is 8. The van der Waals surface area contributed by atoms with Gasteiger partial charge >= 0.3 is 6.03 Å². The monoisotopic (exact) mass is 640 g/mol. The quantitative estimate of drug-likeness (QED) is 0.155. The number of hydrogen-bond donors (Lipinski definition) is 1. The van der Waals surface area contributed by atoms with Crippen molar-refractivity contribution in [2.45, 2.75) is 13.2 Å². The summed E-state index contributed by atoms with van der Waals surface area (Å²) in [6.07, 6.45) is 1.41. The zero-order valence-corrected chi connectivity index (χ0v) is 24.6. The lowest BCUT2D eigenvalue weighted by Crippen LogP contribution is -2.54. The van der Waals surface area contributed by atoms with E-state index in [0.29, 0.717) is 37.2 Å². The van der Waals surface area contributed by atoms with E-state index in [-0.39, 0.29) is 24.5 Å². The molecule has 7 nitrogen and oxygen atoms in total. The normalized spacial score (nSPS) is 14.2. The Bertz CT molecular complexity index is 1710. The number of ether oxygens (including phenoxy) is 2. The van der Waals surface area contributed by atoms with Crippen LogP contribution in [-0.4, -0.2) is 17.8 Å². The number of nitrogens with one attached hydrogen (secondary N) is 1. The molecule has 0 unspecified atom stereocenters. The number of imide groups is 2. The Morgan fingerprint density at radius 1 is 0.667 bits per heavy atom. The van der Waals surface area contributed by atoms with Crippen LogP contribution in [0.25, 0.3) is 6.08 Å². The highest BCUT2D eigenvalue weighted by Gasteiger charge is 2.36. The zero-order chi connectivity index (χ0) is 29.8. The molecule has 0 spiro atoms. The van der Waals surface area contributed by atoms with Crippen molar-refractivity contribution in [3.05, 3.63) is 127 Å². The molecule has 0 aliphatic carbocycles. The van der Waals surface area contributed by atoms with Crippen molar-refractivity contribution < 1.29 is 23.9 Å². The van der Waals surface area contributed by atoms with Crippen molar-refractivity contribution in [1.29, 1.82) is 0 Å². The van der Waals surface area contributed by atoms with E-state index in [9.17, 15) is 14.4 Å². The summed E-state index contributed by atoms with van der Waals surface area (Å²) in [5.74, 6) is -0.510. The first kappa shape index (κ1) is 29.5. The fourth-order valence-corrected chi connectivity index (χ4v) is 4.94. The molecule has 0 aromatic heterocycles.